The number of carbonyl (C=O) groups excluding carboxylic acids is 1. The van der Waals surface area contributed by atoms with Crippen molar-refractivity contribution in [2.45, 2.75) is 0 Å². The van der Waals surface area contributed by atoms with Crippen LogP contribution in [0.4, 0.5) is 22.7 Å². The molecule has 0 heterocycles. The molecule has 18 nitrogen and oxygen atoms in total. The van der Waals surface area contributed by atoms with Crippen LogP contribution < -0.4 is 26.5 Å². The Kier molecular flexibility index (Phi) is 19.8. The Labute approximate surface area is 351 Å². The highest BCUT2D eigenvalue weighted by molar-refractivity contribution is 6.36. The normalized spacial score (nSPS) is 10.2. The molecule has 0 radical (unpaired) electrons. The first kappa shape index (κ1) is 48.2. The third-order valence-corrected chi connectivity index (χ3v) is 7.93. The summed E-state index contributed by atoms with van der Waals surface area (Å²) in [5, 5.41) is 62.5. The molecule has 0 aromatic heterocycles. The summed E-state index contributed by atoms with van der Waals surface area (Å²) in [6.45, 7) is 0. The van der Waals surface area contributed by atoms with E-state index in [0.717, 1.165) is 11.8 Å². The molecule has 60 heavy (non-hydrogen) atoms. The molecule has 0 spiro atoms. The number of nitrogens with zero attached hydrogens (tertiary/aromatic N) is 3. The molecule has 310 valence electrons. The number of hydrogen-bond acceptors (Lipinski definition) is 15. The highest BCUT2D eigenvalue weighted by Gasteiger charge is 2.08. The zero-order valence-corrected chi connectivity index (χ0v) is 32.3. The molecule has 0 unspecified atom stereocenters. The zero-order chi connectivity index (χ0) is 41.9. The Morgan fingerprint density at radius 1 is 0.600 bits per heavy atom. The van der Waals surface area contributed by atoms with Crippen molar-refractivity contribution >= 4 is 70.5 Å². The van der Waals surface area contributed by atoms with Crippen molar-refractivity contribution in [3.63, 3.8) is 0 Å². The minimum Gasteiger partial charge on any atom is -0.870 e. The molecular weight excluding hydrogens is 823 g/mol. The van der Waals surface area contributed by atoms with E-state index in [1.165, 1.54) is 30.5 Å². The lowest BCUT2D eigenvalue weighted by atomic mass is 10.2. The molecule has 0 saturated heterocycles. The van der Waals surface area contributed by atoms with Crippen LogP contribution in [0.2, 0.25) is 10.0 Å². The first-order valence-electron chi connectivity index (χ1n) is 16.6. The van der Waals surface area contributed by atoms with Gasteiger partial charge in [0.15, 0.2) is 29.2 Å². The molecule has 0 aliphatic carbocycles. The summed E-state index contributed by atoms with van der Waals surface area (Å²) in [7, 11) is 0. The highest BCUT2D eigenvalue weighted by Crippen LogP contribution is 2.26. The number of hydrazone groups is 3. The zero-order valence-electron chi connectivity index (χ0n) is 30.8. The van der Waals surface area contributed by atoms with Gasteiger partial charge in [-0.2, -0.15) is 16.0 Å². The van der Waals surface area contributed by atoms with Crippen LogP contribution in [0.5, 0.6) is 28.7 Å². The van der Waals surface area contributed by atoms with E-state index in [1.807, 2.05) is 6.07 Å². The number of phenols is 5. The monoisotopic (exact) mass is 858 g/mol. The molecule has 0 saturated carbocycles. The number of nitroso groups, excluding NO2 is 2. The van der Waals surface area contributed by atoms with Gasteiger partial charge in [-0.15, -0.1) is 20.0 Å². The Balaban J connectivity index is 0.000000306. The summed E-state index contributed by atoms with van der Waals surface area (Å²) in [5.74, 6) is -1.40. The minimum absolute atomic E-state index is 0. The van der Waals surface area contributed by atoms with Crippen molar-refractivity contribution in [2.75, 3.05) is 10.9 Å². The van der Waals surface area contributed by atoms with Crippen molar-refractivity contribution in [2.24, 2.45) is 15.5 Å². The maximum absolute atomic E-state index is 11.8. The third kappa shape index (κ3) is 15.2. The molecule has 0 aliphatic rings. The molecule has 6 aromatic rings. The van der Waals surface area contributed by atoms with Crippen LogP contribution in [0.15, 0.2) is 143 Å². The van der Waals surface area contributed by atoms with E-state index in [-0.39, 0.29) is 51.0 Å². The summed E-state index contributed by atoms with van der Waals surface area (Å²) in [4.78, 5) is 32.6. The molecule has 6 rings (SSSR count). The predicted molar refractivity (Wildman–Crippen MR) is 226 cm³/mol. The molecule has 6 aromatic carbocycles. The largest absolute Gasteiger partial charge is 0.870 e. The van der Waals surface area contributed by atoms with Crippen molar-refractivity contribution in [3.05, 3.63) is 170 Å². The topological polar surface area (TPSA) is 313 Å². The van der Waals surface area contributed by atoms with Gasteiger partial charge in [0, 0.05) is 21.7 Å². The maximum Gasteiger partial charge on any atom is 0.271 e. The number of carbonyl (C=O) groups is 1. The Morgan fingerprint density at radius 2 is 1.25 bits per heavy atom. The first-order chi connectivity index (χ1) is 28.0. The number of hydrazine groups is 2. The van der Waals surface area contributed by atoms with Gasteiger partial charge in [0.25, 0.3) is 5.91 Å². The lowest BCUT2D eigenvalue weighted by molar-refractivity contribution is -0.413. The minimum atomic E-state index is -0.536. The molecule has 0 aliphatic heterocycles. The van der Waals surface area contributed by atoms with Gasteiger partial charge in [0.1, 0.15) is 22.8 Å². The molecule has 1 amide bonds. The standard InChI is InChI=1S/C14H10Cl2N2O3.C13H11N3O3.C13H11N3O2.2H2O/c15-10-3-1-9(11(16)6-10)7-17-18-14(21)8-2-4-12(19)13(20)5-8;17-12-6-5-9(7-13(12)18)8-14-15-10-3-1-2-4-11(10)16-19;17-13-4-2-1-3-10(13)9-14-15-11-5-7-12(16-18)8-6-11;;/h1-7,19-20H,(H,18,21);1-8,15,17-18H;1-9,15,17H;2*1H2/b17-7+;14-8+;14-9+;;. The van der Waals surface area contributed by atoms with E-state index >= 15 is 0 Å². The lowest BCUT2D eigenvalue weighted by Crippen LogP contribution is -2.74. The van der Waals surface area contributed by atoms with Crippen LogP contribution in [0.25, 0.3) is 0 Å². The molecule has 0 atom stereocenters. The number of benzene rings is 6. The fourth-order valence-corrected chi connectivity index (χ4v) is 4.85. The van der Waals surface area contributed by atoms with Crippen LogP contribution in [0.1, 0.15) is 27.0 Å². The van der Waals surface area contributed by atoms with E-state index in [1.54, 1.807) is 103 Å². The SMILES string of the molecule is O=C(N/N=C/c1ccc(Cl)cc1Cl)c1ccc(O)c(O)c1.O=Nc1ccc(N/[NH+]=C/c2ccccc2O)cc1.O=Nc1ccccc1N/[NH+]=C/c1ccc(O)c(O)c1.[OH-].[OH-]. The molecular formula is C40H36Cl2N8O10. The van der Waals surface area contributed by atoms with Crippen LogP contribution in [-0.2, 0) is 0 Å². The van der Waals surface area contributed by atoms with Crippen molar-refractivity contribution in [3.8, 4) is 28.7 Å². The van der Waals surface area contributed by atoms with Crippen LogP contribution in [0.3, 0.4) is 0 Å². The Hall–Kier alpha value is -7.90. The smallest absolute Gasteiger partial charge is 0.271 e. The van der Waals surface area contributed by atoms with Gasteiger partial charge in [-0.25, -0.2) is 5.43 Å². The number of para-hydroxylation sites is 2. The van der Waals surface area contributed by atoms with E-state index in [4.69, 9.17) is 33.4 Å². The number of anilines is 2. The third-order valence-electron chi connectivity index (χ3n) is 7.37. The highest BCUT2D eigenvalue weighted by atomic mass is 35.5. The Bertz CT molecular complexity index is 2450. The van der Waals surface area contributed by atoms with Crippen molar-refractivity contribution in [1.29, 1.82) is 0 Å². The fraction of sp³-hybridized carbons (Fsp3) is 0. The molecule has 0 fully saturated rings. The van der Waals surface area contributed by atoms with Gasteiger partial charge < -0.3 is 36.5 Å². The van der Waals surface area contributed by atoms with Gasteiger partial charge in [-0.1, -0.05) is 53.5 Å². The second-order valence-electron chi connectivity index (χ2n) is 11.4. The number of phenolic OH excluding ortho intramolecular Hbond substituents is 5. The summed E-state index contributed by atoms with van der Waals surface area (Å²) < 4.78 is 0. The number of aromatic hydroxyl groups is 5. The number of rotatable bonds is 11. The van der Waals surface area contributed by atoms with Gasteiger partial charge in [-0.3, -0.25) is 4.79 Å². The number of halogens is 2. The van der Waals surface area contributed by atoms with Gasteiger partial charge >= 0.3 is 0 Å². The van der Waals surface area contributed by atoms with Crippen LogP contribution in [-0.4, -0.2) is 61.0 Å². The van der Waals surface area contributed by atoms with E-state index in [9.17, 15) is 29.9 Å². The first-order valence-corrected chi connectivity index (χ1v) is 17.4. The average Bonchev–Trinajstić information content (AvgIpc) is 3.22. The second kappa shape index (κ2) is 24.7. The fourth-order valence-electron chi connectivity index (χ4n) is 4.39. The lowest BCUT2D eigenvalue weighted by Gasteiger charge is -2.02. The van der Waals surface area contributed by atoms with E-state index in [0.29, 0.717) is 38.1 Å². The maximum atomic E-state index is 11.8. The number of hydrogen-bond donors (Lipinski definition) is 10. The molecule has 20 heteroatoms. The summed E-state index contributed by atoms with van der Waals surface area (Å²) >= 11 is 11.7. The van der Waals surface area contributed by atoms with Gasteiger partial charge in [-0.05, 0) is 107 Å². The molecule has 12 N–H and O–H groups in total. The van der Waals surface area contributed by atoms with Gasteiger partial charge in [0.05, 0.1) is 22.5 Å². The van der Waals surface area contributed by atoms with Crippen LogP contribution in [0, 0.1) is 9.81 Å². The van der Waals surface area contributed by atoms with Crippen molar-refractivity contribution < 1.29 is 51.5 Å². The Morgan fingerprint density at radius 3 is 1.90 bits per heavy atom. The van der Waals surface area contributed by atoms with E-state index < -0.39 is 5.91 Å². The molecule has 0 bridgehead atoms. The second-order valence-corrected chi connectivity index (χ2v) is 12.3. The van der Waals surface area contributed by atoms with Gasteiger partial charge in [0.2, 0.25) is 6.21 Å². The quantitative estimate of drug-likeness (QED) is 0.0350. The summed E-state index contributed by atoms with van der Waals surface area (Å²) in [6, 6.07) is 33.4. The van der Waals surface area contributed by atoms with Crippen LogP contribution >= 0.6 is 23.2 Å². The number of amides is 1. The summed E-state index contributed by atoms with van der Waals surface area (Å²) in [6.07, 6.45) is 4.58. The summed E-state index contributed by atoms with van der Waals surface area (Å²) in [5.41, 5.74) is 12.1. The van der Waals surface area contributed by atoms with Crippen molar-refractivity contribution in [1.82, 2.24) is 5.43 Å². The average molecular weight is 860 g/mol. The number of nitrogens with one attached hydrogen (secondary N) is 5. The predicted octanol–water partition coefficient (Wildman–Crippen LogP) is 5.15. The van der Waals surface area contributed by atoms with E-state index in [2.05, 4.69) is 41.9 Å².